The van der Waals surface area contributed by atoms with Gasteiger partial charge in [-0.05, 0) is 0 Å². The van der Waals surface area contributed by atoms with Gasteiger partial charge in [-0.15, -0.1) is 0 Å². The number of fused-ring (bicyclic) bond motifs is 1. The fourth-order valence-electron chi connectivity index (χ4n) is 2.95. The second kappa shape index (κ2) is 3.25. The van der Waals surface area contributed by atoms with Gasteiger partial charge in [0.25, 0.3) is 0 Å². The van der Waals surface area contributed by atoms with Crippen LogP contribution in [0.1, 0.15) is 25.7 Å². The molecule has 2 saturated carbocycles. The maximum absolute atomic E-state index is 11.2. The Kier molecular flexibility index (Phi) is 2.50. The third-order valence-electron chi connectivity index (χ3n) is 4.08. The van der Waals surface area contributed by atoms with Gasteiger partial charge in [0.1, 0.15) is 0 Å². The molecule has 2 heteroatoms. The van der Waals surface area contributed by atoms with Gasteiger partial charge in [0.2, 0.25) is 0 Å². The minimum absolute atomic E-state index is 0.505. The van der Waals surface area contributed by atoms with E-state index in [9.17, 15) is 4.79 Å². The van der Waals surface area contributed by atoms with Crippen LogP contribution in [-0.4, -0.2) is 24.2 Å². The molecule has 74 valence electrons. The van der Waals surface area contributed by atoms with Crippen LogP contribution in [0, 0.1) is 11.8 Å². The molecule has 1 nitrogen and oxygen atoms in total. The SMILES string of the molecule is [CH3][Sn]([CH3])([CH3])[CH]1CCC2C(=O)CC2C1. The van der Waals surface area contributed by atoms with E-state index in [0.29, 0.717) is 11.7 Å². The number of Topliss-reactive ketones (excluding diaryl/α,β-unsaturated/α-hetero) is 1. The molecule has 2 aliphatic rings. The van der Waals surface area contributed by atoms with Gasteiger partial charge in [0.15, 0.2) is 0 Å². The van der Waals surface area contributed by atoms with Crippen LogP contribution in [0.15, 0.2) is 0 Å². The van der Waals surface area contributed by atoms with Crippen molar-refractivity contribution < 1.29 is 4.79 Å². The number of carbonyl (C=O) groups excluding carboxylic acids is 1. The van der Waals surface area contributed by atoms with Gasteiger partial charge in [-0.3, -0.25) is 0 Å². The molecule has 0 spiro atoms. The molecule has 2 fully saturated rings. The standard InChI is InChI=1S/C8H11O.3CH3.Sn/c9-8-5-6-3-1-2-4-7(6)8;;;;/h1,6-7H,2-5H2;3*1H3;. The molecular formula is C11H20OSn. The summed E-state index contributed by atoms with van der Waals surface area (Å²) in [5.74, 6) is 1.87. The average Bonchev–Trinajstić information content (AvgIpc) is 2.00. The van der Waals surface area contributed by atoms with Crippen LogP contribution in [0.3, 0.4) is 0 Å². The molecule has 0 bridgehead atoms. The van der Waals surface area contributed by atoms with Gasteiger partial charge < -0.3 is 0 Å². The Hall–Kier alpha value is 0.469. The quantitative estimate of drug-likeness (QED) is 0.677. The number of hydrogen-bond acceptors (Lipinski definition) is 1. The maximum atomic E-state index is 11.2. The van der Waals surface area contributed by atoms with E-state index in [-0.39, 0.29) is 0 Å². The van der Waals surface area contributed by atoms with Crippen molar-refractivity contribution in [2.75, 3.05) is 0 Å². The van der Waals surface area contributed by atoms with Crippen molar-refractivity contribution in [3.8, 4) is 0 Å². The Morgan fingerprint density at radius 3 is 2.38 bits per heavy atom. The summed E-state index contributed by atoms with van der Waals surface area (Å²) < 4.78 is 1.06. The van der Waals surface area contributed by atoms with E-state index in [1.54, 1.807) is 0 Å². The fourth-order valence-corrected chi connectivity index (χ4v) is 8.78. The number of hydrogen-bond donors (Lipinski definition) is 0. The minimum atomic E-state index is -1.63. The van der Waals surface area contributed by atoms with Crippen LogP contribution in [0.4, 0.5) is 0 Å². The van der Waals surface area contributed by atoms with E-state index in [2.05, 4.69) is 14.8 Å². The van der Waals surface area contributed by atoms with E-state index >= 15 is 0 Å². The van der Waals surface area contributed by atoms with Gasteiger partial charge in [-0.25, -0.2) is 0 Å². The normalized spacial score (nSPS) is 39.6. The zero-order valence-corrected chi connectivity index (χ0v) is 11.8. The number of rotatable bonds is 1. The van der Waals surface area contributed by atoms with Crippen molar-refractivity contribution in [1.82, 2.24) is 0 Å². The molecule has 0 aromatic rings. The monoisotopic (exact) mass is 288 g/mol. The van der Waals surface area contributed by atoms with E-state index in [1.807, 2.05) is 0 Å². The molecule has 0 aliphatic heterocycles. The van der Waals surface area contributed by atoms with Gasteiger partial charge in [-0.1, -0.05) is 0 Å². The van der Waals surface area contributed by atoms with Crippen molar-refractivity contribution in [2.45, 2.75) is 44.4 Å². The van der Waals surface area contributed by atoms with Crippen LogP contribution in [-0.2, 0) is 4.79 Å². The molecule has 0 aromatic carbocycles. The molecule has 2 rings (SSSR count). The van der Waals surface area contributed by atoms with Crippen molar-refractivity contribution >= 4 is 24.2 Å². The van der Waals surface area contributed by atoms with E-state index in [1.165, 1.54) is 19.3 Å². The first kappa shape index (κ1) is 10.0. The molecule has 3 atom stereocenters. The summed E-state index contributed by atoms with van der Waals surface area (Å²) in [6, 6.07) is 0. The van der Waals surface area contributed by atoms with Gasteiger partial charge in [-0.2, -0.15) is 0 Å². The Labute approximate surface area is 85.2 Å². The molecule has 0 heterocycles. The molecular weight excluding hydrogens is 267 g/mol. The molecule has 0 radical (unpaired) electrons. The van der Waals surface area contributed by atoms with Gasteiger partial charge >= 0.3 is 85.2 Å². The summed E-state index contributed by atoms with van der Waals surface area (Å²) in [6.07, 6.45) is 4.91. The first-order valence-electron chi connectivity index (χ1n) is 5.51. The predicted molar refractivity (Wildman–Crippen MR) is 57.6 cm³/mol. The predicted octanol–water partition coefficient (Wildman–Crippen LogP) is 3.08. The Morgan fingerprint density at radius 2 is 1.92 bits per heavy atom. The van der Waals surface area contributed by atoms with Crippen LogP contribution >= 0.6 is 0 Å². The molecule has 2 aliphatic carbocycles. The summed E-state index contributed by atoms with van der Waals surface area (Å²) >= 11 is -1.63. The van der Waals surface area contributed by atoms with Crippen molar-refractivity contribution in [3.05, 3.63) is 0 Å². The summed E-state index contributed by atoms with van der Waals surface area (Å²) in [4.78, 5) is 18.9. The summed E-state index contributed by atoms with van der Waals surface area (Å²) in [5, 5.41) is 0. The summed E-state index contributed by atoms with van der Waals surface area (Å²) in [6.45, 7) is 0. The molecule has 0 aromatic heterocycles. The summed E-state index contributed by atoms with van der Waals surface area (Å²) in [7, 11) is 0. The van der Waals surface area contributed by atoms with Crippen molar-refractivity contribution in [2.24, 2.45) is 11.8 Å². The van der Waals surface area contributed by atoms with E-state index in [4.69, 9.17) is 0 Å². The second-order valence-electron chi connectivity index (χ2n) is 5.91. The molecule has 0 amide bonds. The molecule has 0 N–H and O–H groups in total. The first-order valence-corrected chi connectivity index (χ1v) is 15.7. The fraction of sp³-hybridized carbons (Fsp3) is 0.909. The van der Waals surface area contributed by atoms with Crippen molar-refractivity contribution in [1.29, 1.82) is 0 Å². The molecule has 0 saturated heterocycles. The molecule has 13 heavy (non-hydrogen) atoms. The van der Waals surface area contributed by atoms with Gasteiger partial charge in [0, 0.05) is 0 Å². The second-order valence-corrected chi connectivity index (χ2v) is 21.7. The van der Waals surface area contributed by atoms with Gasteiger partial charge in [0.05, 0.1) is 0 Å². The van der Waals surface area contributed by atoms with Crippen LogP contribution in [0.2, 0.25) is 18.8 Å². The third-order valence-corrected chi connectivity index (χ3v) is 12.6. The Bertz CT molecular complexity index is 229. The third kappa shape index (κ3) is 1.81. The number of carbonyl (C=O) groups is 1. The van der Waals surface area contributed by atoms with Crippen LogP contribution < -0.4 is 0 Å². The van der Waals surface area contributed by atoms with E-state index < -0.39 is 18.4 Å². The Balaban J connectivity index is 1.97. The topological polar surface area (TPSA) is 17.1 Å². The van der Waals surface area contributed by atoms with Crippen LogP contribution in [0.5, 0.6) is 0 Å². The van der Waals surface area contributed by atoms with Crippen LogP contribution in [0.25, 0.3) is 0 Å². The zero-order valence-electron chi connectivity index (χ0n) is 8.97. The average molecular weight is 287 g/mol. The first-order chi connectivity index (χ1) is 5.98. The summed E-state index contributed by atoms with van der Waals surface area (Å²) in [5.41, 5.74) is 0. The van der Waals surface area contributed by atoms with Crippen molar-refractivity contribution in [3.63, 3.8) is 0 Å². The number of ketones is 1. The Morgan fingerprint density at radius 1 is 1.23 bits per heavy atom. The van der Waals surface area contributed by atoms with E-state index in [0.717, 1.165) is 16.3 Å². The molecule has 3 unspecified atom stereocenters. The zero-order chi connectivity index (χ0) is 9.64.